The molecule has 0 saturated carbocycles. The zero-order valence-corrected chi connectivity index (χ0v) is 13.4. The quantitative estimate of drug-likeness (QED) is 0.177. The van der Waals surface area contributed by atoms with Crippen LogP contribution in [0, 0.1) is 0 Å². The number of hydrogen-bond acceptors (Lipinski definition) is 6. The molecule has 21 heavy (non-hydrogen) atoms. The molecule has 0 aromatic carbocycles. The average molecular weight is 413 g/mol. The molecule has 0 aromatic rings. The Labute approximate surface area is 140 Å². The molecule has 124 valence electrons. The third-order valence-corrected chi connectivity index (χ3v) is 2.63. The number of nitrogens with two attached hydrogens (primary N) is 2. The summed E-state index contributed by atoms with van der Waals surface area (Å²) in [7, 11) is 0. The molecular weight excluding hydrogens is 395 g/mol. The molecule has 0 fully saturated rings. The van der Waals surface area contributed by atoms with E-state index in [2.05, 4.69) is 23.3 Å². The molecule has 11 heteroatoms. The van der Waals surface area contributed by atoms with E-state index in [1.54, 1.807) is 0 Å². The van der Waals surface area contributed by atoms with Crippen molar-refractivity contribution in [2.75, 3.05) is 12.3 Å². The Balaban J connectivity index is 0. The number of thiol groups is 1. The summed E-state index contributed by atoms with van der Waals surface area (Å²) in [6.07, 6.45) is 0.00252. The summed E-state index contributed by atoms with van der Waals surface area (Å²) in [4.78, 5) is 44.1. The van der Waals surface area contributed by atoms with Crippen LogP contribution in [0.4, 0.5) is 0 Å². The van der Waals surface area contributed by atoms with E-state index in [9.17, 15) is 19.2 Å². The average Bonchev–Trinajstić information content (AvgIpc) is 2.38. The third-order valence-electron chi connectivity index (χ3n) is 2.27. The number of carbonyl (C=O) groups is 4. The van der Waals surface area contributed by atoms with Gasteiger partial charge in [0, 0.05) is 32.6 Å². The topological polar surface area (TPSA) is 165 Å². The molecule has 0 saturated heterocycles. The van der Waals surface area contributed by atoms with Crippen molar-refractivity contribution in [2.45, 2.75) is 24.9 Å². The third kappa shape index (κ3) is 10.3. The number of aliphatic carboxylic acids is 1. The molecule has 0 unspecified atom stereocenters. The minimum Gasteiger partial charge on any atom is -0.480 e. The van der Waals surface area contributed by atoms with Crippen LogP contribution in [-0.2, 0) is 39.6 Å². The van der Waals surface area contributed by atoms with E-state index < -0.39 is 42.3 Å². The first-order valence-corrected chi connectivity index (χ1v) is 6.35. The Kier molecular flexibility index (Phi) is 12.1. The first-order valence-electron chi connectivity index (χ1n) is 5.72. The van der Waals surface area contributed by atoms with Crippen LogP contribution < -0.4 is 22.1 Å². The fourth-order valence-electron chi connectivity index (χ4n) is 1.19. The molecule has 7 N–H and O–H groups in total. The number of carboxylic acids is 1. The molecule has 0 radical (unpaired) electrons. The molecule has 0 aromatic heterocycles. The Morgan fingerprint density at radius 3 is 2.19 bits per heavy atom. The van der Waals surface area contributed by atoms with E-state index in [-0.39, 0.29) is 39.0 Å². The summed E-state index contributed by atoms with van der Waals surface area (Å²) in [5.41, 5.74) is 10.4. The number of carbonyl (C=O) groups excluding carboxylic acids is 3. The zero-order chi connectivity index (χ0) is 15.7. The van der Waals surface area contributed by atoms with Gasteiger partial charge in [-0.05, 0) is 6.42 Å². The van der Waals surface area contributed by atoms with Crippen molar-refractivity contribution in [3.8, 4) is 0 Å². The van der Waals surface area contributed by atoms with Crippen molar-refractivity contribution in [1.29, 1.82) is 0 Å². The van der Waals surface area contributed by atoms with Gasteiger partial charge in [-0.2, -0.15) is 12.6 Å². The Morgan fingerprint density at radius 1 is 1.19 bits per heavy atom. The molecule has 2 atom stereocenters. The SMILES string of the molecule is NC(=O)CC[C@H](N)C(=O)N[C@@H](CS)C(=O)NCC(=O)O.[Pd]. The van der Waals surface area contributed by atoms with Gasteiger partial charge in [-0.1, -0.05) is 0 Å². The number of rotatable bonds is 9. The van der Waals surface area contributed by atoms with E-state index in [0.717, 1.165) is 0 Å². The van der Waals surface area contributed by atoms with E-state index in [1.165, 1.54) is 0 Å². The normalized spacial score (nSPS) is 12.5. The minimum absolute atomic E-state index is 0. The Morgan fingerprint density at radius 2 is 1.76 bits per heavy atom. The van der Waals surface area contributed by atoms with Crippen LogP contribution in [0.15, 0.2) is 0 Å². The van der Waals surface area contributed by atoms with Gasteiger partial charge in [-0.15, -0.1) is 0 Å². The molecule has 0 rings (SSSR count). The van der Waals surface area contributed by atoms with Crippen molar-refractivity contribution in [3.63, 3.8) is 0 Å². The van der Waals surface area contributed by atoms with Crippen molar-refractivity contribution in [1.82, 2.24) is 10.6 Å². The summed E-state index contributed by atoms with van der Waals surface area (Å²) < 4.78 is 0. The summed E-state index contributed by atoms with van der Waals surface area (Å²) in [5, 5.41) is 12.9. The summed E-state index contributed by atoms with van der Waals surface area (Å²) in [6.45, 7) is -0.563. The fraction of sp³-hybridized carbons (Fsp3) is 0.600. The van der Waals surface area contributed by atoms with Crippen molar-refractivity contribution in [3.05, 3.63) is 0 Å². The van der Waals surface area contributed by atoms with E-state index in [4.69, 9.17) is 16.6 Å². The standard InChI is InChI=1S/C10H18N4O5S.Pd/c11-5(1-2-7(12)15)9(18)14-6(4-20)10(19)13-3-8(16)17;/h5-6,20H,1-4,11H2,(H2,12,15)(H,13,19)(H,14,18)(H,16,17);/t5-,6-;/m0./s1. The van der Waals surface area contributed by atoms with Crippen LogP contribution in [0.3, 0.4) is 0 Å². The molecule has 0 aliphatic heterocycles. The second kappa shape index (κ2) is 11.5. The largest absolute Gasteiger partial charge is 0.480 e. The van der Waals surface area contributed by atoms with Gasteiger partial charge in [0.1, 0.15) is 12.6 Å². The fourth-order valence-corrected chi connectivity index (χ4v) is 1.44. The van der Waals surface area contributed by atoms with Gasteiger partial charge >= 0.3 is 5.97 Å². The van der Waals surface area contributed by atoms with E-state index in [1.807, 2.05) is 0 Å². The number of amides is 3. The second-order valence-electron chi connectivity index (χ2n) is 3.97. The molecule has 0 aliphatic carbocycles. The molecule has 0 spiro atoms. The summed E-state index contributed by atoms with van der Waals surface area (Å²) in [5.74, 6) is -3.15. The first kappa shape index (κ1) is 22.1. The van der Waals surface area contributed by atoms with Gasteiger partial charge in [0.05, 0.1) is 6.04 Å². The molecule has 3 amide bonds. The van der Waals surface area contributed by atoms with Crippen molar-refractivity contribution >= 4 is 36.3 Å². The van der Waals surface area contributed by atoms with Crippen LogP contribution in [0.1, 0.15) is 12.8 Å². The Hall–Kier alpha value is -1.15. The minimum atomic E-state index is -1.21. The van der Waals surface area contributed by atoms with Crippen molar-refractivity contribution in [2.24, 2.45) is 11.5 Å². The van der Waals surface area contributed by atoms with Crippen LogP contribution >= 0.6 is 12.6 Å². The maximum absolute atomic E-state index is 11.6. The first-order chi connectivity index (χ1) is 9.27. The number of primary amides is 1. The van der Waals surface area contributed by atoms with Gasteiger partial charge in [-0.3, -0.25) is 19.2 Å². The van der Waals surface area contributed by atoms with E-state index >= 15 is 0 Å². The molecule has 9 nitrogen and oxygen atoms in total. The smallest absolute Gasteiger partial charge is 0.322 e. The second-order valence-corrected chi connectivity index (χ2v) is 4.33. The number of hydrogen-bond donors (Lipinski definition) is 6. The number of carboxylic acid groups (broad SMARTS) is 1. The van der Waals surface area contributed by atoms with Crippen LogP contribution in [0.25, 0.3) is 0 Å². The molecule has 0 aliphatic rings. The zero-order valence-electron chi connectivity index (χ0n) is 11.0. The van der Waals surface area contributed by atoms with Crippen LogP contribution in [0.2, 0.25) is 0 Å². The van der Waals surface area contributed by atoms with Gasteiger partial charge in [0.25, 0.3) is 0 Å². The monoisotopic (exact) mass is 412 g/mol. The van der Waals surface area contributed by atoms with Gasteiger partial charge in [-0.25, -0.2) is 0 Å². The predicted octanol–water partition coefficient (Wildman–Crippen LogP) is -2.81. The maximum Gasteiger partial charge on any atom is 0.322 e. The maximum atomic E-state index is 11.6. The molecular formula is C10H18N4O5PdS. The molecule has 0 bridgehead atoms. The summed E-state index contributed by atoms with van der Waals surface area (Å²) >= 11 is 3.89. The van der Waals surface area contributed by atoms with Gasteiger partial charge < -0.3 is 27.2 Å². The van der Waals surface area contributed by atoms with Crippen LogP contribution in [0.5, 0.6) is 0 Å². The van der Waals surface area contributed by atoms with Gasteiger partial charge in [0.15, 0.2) is 0 Å². The van der Waals surface area contributed by atoms with E-state index in [0.29, 0.717) is 0 Å². The summed E-state index contributed by atoms with van der Waals surface area (Å²) in [6, 6.07) is -2.00. The van der Waals surface area contributed by atoms with Gasteiger partial charge in [0.2, 0.25) is 17.7 Å². The predicted molar refractivity (Wildman–Crippen MR) is 72.8 cm³/mol. The Bertz CT molecular complexity index is 396. The number of nitrogens with one attached hydrogen (secondary N) is 2. The molecule has 0 heterocycles. The van der Waals surface area contributed by atoms with Crippen molar-refractivity contribution < 1.29 is 44.7 Å². The van der Waals surface area contributed by atoms with Crippen LogP contribution in [-0.4, -0.2) is 53.2 Å².